The second-order valence-electron chi connectivity index (χ2n) is 6.13. The number of rotatable bonds is 3. The fourth-order valence-electron chi connectivity index (χ4n) is 2.88. The van der Waals surface area contributed by atoms with E-state index in [1.54, 1.807) is 11.8 Å². The zero-order chi connectivity index (χ0) is 19.6. The van der Waals surface area contributed by atoms with E-state index >= 15 is 0 Å². The number of aromatic nitrogens is 1. The molecule has 1 N–H and O–H groups in total. The van der Waals surface area contributed by atoms with Crippen molar-refractivity contribution in [3.63, 3.8) is 0 Å². The summed E-state index contributed by atoms with van der Waals surface area (Å²) in [4.78, 5) is 29.2. The molecule has 0 spiro atoms. The van der Waals surface area contributed by atoms with E-state index in [9.17, 15) is 22.8 Å². The van der Waals surface area contributed by atoms with Crippen LogP contribution in [0.3, 0.4) is 0 Å². The Balaban J connectivity index is 1.62. The summed E-state index contributed by atoms with van der Waals surface area (Å²) in [7, 11) is 0. The van der Waals surface area contributed by atoms with E-state index < -0.39 is 11.2 Å². The van der Waals surface area contributed by atoms with Gasteiger partial charge in [0.25, 0.3) is 5.91 Å². The summed E-state index contributed by atoms with van der Waals surface area (Å²) in [6.45, 7) is 3.01. The number of ether oxygens (including phenoxy) is 1. The van der Waals surface area contributed by atoms with Crippen LogP contribution in [0.2, 0.25) is 0 Å². The molecule has 1 aromatic heterocycles. The number of hydrogen-bond acceptors (Lipinski definition) is 5. The smallest absolute Gasteiger partial charge is 0.443 e. The zero-order valence-electron chi connectivity index (χ0n) is 14.5. The second-order valence-corrected chi connectivity index (χ2v) is 7.16. The van der Waals surface area contributed by atoms with Crippen molar-refractivity contribution in [1.82, 2.24) is 15.2 Å². The van der Waals surface area contributed by atoms with Gasteiger partial charge in [-0.1, -0.05) is 0 Å². The Morgan fingerprint density at radius 1 is 1.33 bits per heavy atom. The Bertz CT molecular complexity index is 845. The number of thiazole rings is 1. The lowest BCUT2D eigenvalue weighted by Gasteiger charge is -2.31. The molecule has 1 aliphatic heterocycles. The van der Waals surface area contributed by atoms with Gasteiger partial charge in [-0.3, -0.25) is 4.79 Å². The van der Waals surface area contributed by atoms with E-state index in [0.29, 0.717) is 48.6 Å². The van der Waals surface area contributed by atoms with Crippen LogP contribution >= 0.6 is 11.3 Å². The Morgan fingerprint density at radius 2 is 2.04 bits per heavy atom. The van der Waals surface area contributed by atoms with Gasteiger partial charge < -0.3 is 15.0 Å². The van der Waals surface area contributed by atoms with Crippen LogP contribution in [0.1, 0.15) is 35.1 Å². The molecule has 0 atom stereocenters. The van der Waals surface area contributed by atoms with Gasteiger partial charge in [-0.05, 0) is 38.0 Å². The van der Waals surface area contributed by atoms with Gasteiger partial charge in [-0.25, -0.2) is 9.78 Å². The first-order chi connectivity index (χ1) is 12.8. The first-order valence-corrected chi connectivity index (χ1v) is 9.30. The number of carbonyl (C=O) groups excluding carboxylic acids is 2. The summed E-state index contributed by atoms with van der Waals surface area (Å²) in [6.07, 6.45) is -3.69. The van der Waals surface area contributed by atoms with Gasteiger partial charge in [-0.2, -0.15) is 13.2 Å². The monoisotopic (exact) mass is 401 g/mol. The highest BCUT2D eigenvalue weighted by atomic mass is 32.1. The molecule has 0 saturated carbocycles. The van der Waals surface area contributed by atoms with Gasteiger partial charge in [-0.15, -0.1) is 11.3 Å². The standard InChI is InChI=1S/C17H18F3N3O3S/c1-2-26-16(25)23-7-5-11(6-8-23)21-14(24)10-3-4-12-13(9-10)27-15(22-12)17(18,19)20/h3-4,9,11H,2,5-8H2,1H3,(H,21,24). The molecular weight excluding hydrogens is 383 g/mol. The number of nitrogens with zero attached hydrogens (tertiary/aromatic N) is 2. The Morgan fingerprint density at radius 3 is 2.67 bits per heavy atom. The predicted octanol–water partition coefficient (Wildman–Crippen LogP) is 3.67. The second kappa shape index (κ2) is 7.71. The molecule has 27 heavy (non-hydrogen) atoms. The lowest BCUT2D eigenvalue weighted by atomic mass is 10.0. The van der Waals surface area contributed by atoms with Gasteiger partial charge in [0.1, 0.15) is 0 Å². The van der Waals surface area contributed by atoms with E-state index in [1.165, 1.54) is 18.2 Å². The van der Waals surface area contributed by atoms with Crippen molar-refractivity contribution in [3.8, 4) is 0 Å². The number of carbonyl (C=O) groups is 2. The fraction of sp³-hybridized carbons (Fsp3) is 0.471. The third-order valence-electron chi connectivity index (χ3n) is 4.25. The topological polar surface area (TPSA) is 71.5 Å². The van der Waals surface area contributed by atoms with E-state index in [1.807, 2.05) is 0 Å². The lowest BCUT2D eigenvalue weighted by Crippen LogP contribution is -2.46. The van der Waals surface area contributed by atoms with Gasteiger partial charge in [0.15, 0.2) is 5.01 Å². The largest absolute Gasteiger partial charge is 0.450 e. The number of benzene rings is 1. The molecule has 2 heterocycles. The van der Waals surface area contributed by atoms with E-state index in [2.05, 4.69) is 10.3 Å². The van der Waals surface area contributed by atoms with Crippen LogP contribution in [-0.2, 0) is 10.9 Å². The highest BCUT2D eigenvalue weighted by molar-refractivity contribution is 7.18. The quantitative estimate of drug-likeness (QED) is 0.852. The molecule has 1 aromatic carbocycles. The molecule has 2 amide bonds. The number of likely N-dealkylation sites (tertiary alicyclic amines) is 1. The average Bonchev–Trinajstić information content (AvgIpc) is 3.06. The van der Waals surface area contributed by atoms with Crippen molar-refractivity contribution in [3.05, 3.63) is 28.8 Å². The predicted molar refractivity (Wildman–Crippen MR) is 93.7 cm³/mol. The van der Waals surface area contributed by atoms with Crippen LogP contribution in [0.4, 0.5) is 18.0 Å². The van der Waals surface area contributed by atoms with Crippen molar-refractivity contribution >= 4 is 33.6 Å². The Hall–Kier alpha value is -2.36. The lowest BCUT2D eigenvalue weighted by molar-refractivity contribution is -0.137. The molecule has 0 radical (unpaired) electrons. The third kappa shape index (κ3) is 4.49. The van der Waals surface area contributed by atoms with Gasteiger partial charge in [0.05, 0.1) is 16.8 Å². The fourth-order valence-corrected chi connectivity index (χ4v) is 3.75. The van der Waals surface area contributed by atoms with E-state index in [0.717, 1.165) is 0 Å². The van der Waals surface area contributed by atoms with Crippen LogP contribution in [0, 0.1) is 0 Å². The number of fused-ring (bicyclic) bond motifs is 1. The van der Waals surface area contributed by atoms with E-state index in [4.69, 9.17) is 4.74 Å². The molecule has 0 bridgehead atoms. The molecule has 0 aliphatic carbocycles. The molecule has 6 nitrogen and oxygen atoms in total. The molecule has 3 rings (SSSR count). The number of halogens is 3. The van der Waals surface area contributed by atoms with Crippen LogP contribution in [0.25, 0.3) is 10.2 Å². The van der Waals surface area contributed by atoms with Crippen molar-refractivity contribution < 1.29 is 27.5 Å². The normalized spacial score (nSPS) is 15.8. The minimum absolute atomic E-state index is 0.105. The number of hydrogen-bond donors (Lipinski definition) is 1. The molecule has 1 aliphatic rings. The van der Waals surface area contributed by atoms with Crippen LogP contribution in [0.15, 0.2) is 18.2 Å². The van der Waals surface area contributed by atoms with Crippen molar-refractivity contribution in [2.24, 2.45) is 0 Å². The molecule has 146 valence electrons. The maximum atomic E-state index is 12.8. The van der Waals surface area contributed by atoms with E-state index in [-0.39, 0.29) is 29.1 Å². The summed E-state index contributed by atoms with van der Waals surface area (Å²) in [5.74, 6) is -0.353. The summed E-state index contributed by atoms with van der Waals surface area (Å²) >= 11 is 0.516. The molecule has 0 unspecified atom stereocenters. The maximum absolute atomic E-state index is 12.8. The maximum Gasteiger partial charge on any atom is 0.443 e. The average molecular weight is 401 g/mol. The number of nitrogens with one attached hydrogen (secondary N) is 1. The van der Waals surface area contributed by atoms with Gasteiger partial charge in [0.2, 0.25) is 0 Å². The minimum Gasteiger partial charge on any atom is -0.450 e. The van der Waals surface area contributed by atoms with Gasteiger partial charge >= 0.3 is 12.3 Å². The van der Waals surface area contributed by atoms with Crippen molar-refractivity contribution in [2.75, 3.05) is 19.7 Å². The first kappa shape index (κ1) is 19.4. The molecule has 10 heteroatoms. The summed E-state index contributed by atoms with van der Waals surface area (Å²) < 4.78 is 43.5. The molecule has 2 aromatic rings. The molecule has 1 fully saturated rings. The summed E-state index contributed by atoms with van der Waals surface area (Å²) in [5, 5.41) is 1.94. The third-order valence-corrected chi connectivity index (χ3v) is 5.31. The van der Waals surface area contributed by atoms with Crippen molar-refractivity contribution in [1.29, 1.82) is 0 Å². The number of amides is 2. The molecule has 1 saturated heterocycles. The van der Waals surface area contributed by atoms with Crippen LogP contribution < -0.4 is 5.32 Å². The molecular formula is C17H18F3N3O3S. The van der Waals surface area contributed by atoms with Crippen molar-refractivity contribution in [2.45, 2.75) is 32.0 Å². The number of piperidine rings is 1. The first-order valence-electron chi connectivity index (χ1n) is 8.48. The summed E-state index contributed by atoms with van der Waals surface area (Å²) in [6, 6.07) is 4.20. The zero-order valence-corrected chi connectivity index (χ0v) is 15.3. The van der Waals surface area contributed by atoms with Crippen LogP contribution in [-0.4, -0.2) is 47.6 Å². The Labute approximate surface area is 157 Å². The SMILES string of the molecule is CCOC(=O)N1CCC(NC(=O)c2ccc3nc(C(F)(F)F)sc3c2)CC1. The van der Waals surface area contributed by atoms with Gasteiger partial charge in [0, 0.05) is 24.7 Å². The summed E-state index contributed by atoms with van der Waals surface area (Å²) in [5.41, 5.74) is 0.499. The minimum atomic E-state index is -4.50. The number of alkyl halides is 3. The highest BCUT2D eigenvalue weighted by Gasteiger charge is 2.35. The van der Waals surface area contributed by atoms with Crippen LogP contribution in [0.5, 0.6) is 0 Å². The highest BCUT2D eigenvalue weighted by Crippen LogP contribution is 2.35. The Kier molecular flexibility index (Phi) is 5.54.